The number of ketones is 1. The van der Waals surface area contributed by atoms with Crippen LogP contribution in [0.1, 0.15) is 47.6 Å². The Morgan fingerprint density at radius 2 is 1.90 bits per heavy atom. The first kappa shape index (κ1) is 23.3. The largest absolute Gasteiger partial charge is 0.435 e. The molecule has 1 aromatic carbocycles. The van der Waals surface area contributed by atoms with Gasteiger partial charge in [-0.1, -0.05) is 11.3 Å². The zero-order valence-electron chi connectivity index (χ0n) is 16.8. The van der Waals surface area contributed by atoms with Crippen LogP contribution in [-0.2, 0) is 15.7 Å². The Morgan fingerprint density at radius 1 is 1.23 bits per heavy atom. The van der Waals surface area contributed by atoms with Crippen molar-refractivity contribution in [1.29, 1.82) is 0 Å². The Morgan fingerprint density at radius 3 is 2.48 bits per heavy atom. The lowest BCUT2D eigenvalue weighted by molar-refractivity contribution is -0.141. The molecule has 1 aliphatic rings. The Bertz CT molecular complexity index is 952. The monoisotopic (exact) mass is 459 g/mol. The summed E-state index contributed by atoms with van der Waals surface area (Å²) in [7, 11) is 0. The van der Waals surface area contributed by atoms with Crippen LogP contribution in [0.4, 0.5) is 22.7 Å². The van der Waals surface area contributed by atoms with E-state index in [9.17, 15) is 27.2 Å². The number of alkyl halides is 3. The minimum Gasteiger partial charge on any atom is -0.377 e. The molecule has 1 aromatic heterocycles. The van der Waals surface area contributed by atoms with Gasteiger partial charge in [0.05, 0.1) is 11.6 Å². The lowest BCUT2D eigenvalue weighted by Crippen LogP contribution is -2.52. The number of carbonyl (C=O) groups is 2. The fraction of sp³-hybridized carbons (Fsp3) is 0.450. The molecule has 2 N–H and O–H groups in total. The molecular formula is C20H21F4N3O3S. The van der Waals surface area contributed by atoms with Gasteiger partial charge in [0.15, 0.2) is 10.8 Å². The molecule has 11 heteroatoms. The van der Waals surface area contributed by atoms with Gasteiger partial charge in [-0.05, 0) is 51.0 Å². The molecule has 168 valence electrons. The number of thiazole rings is 1. The second-order valence-electron chi connectivity index (χ2n) is 7.63. The third-order valence-electron chi connectivity index (χ3n) is 4.79. The van der Waals surface area contributed by atoms with E-state index in [1.165, 1.54) is 0 Å². The standard InChI is InChI=1S/C20H21F4N3O3S/c1-19(2,25-10-13-4-3-9-30-13)17(29)27-18-26-16(20(22,23)24)15(31-18)14(28)11-5-7-12(21)8-6-11/h5-8,13,25H,3-4,9-10H2,1-2H3,(H,26,27,29). The number of anilines is 1. The summed E-state index contributed by atoms with van der Waals surface area (Å²) in [6.07, 6.45) is -3.13. The predicted octanol–water partition coefficient (Wildman–Crippen LogP) is 4.02. The van der Waals surface area contributed by atoms with Gasteiger partial charge < -0.3 is 15.4 Å². The summed E-state index contributed by atoms with van der Waals surface area (Å²) in [5, 5.41) is 5.05. The molecule has 31 heavy (non-hydrogen) atoms. The number of nitrogens with zero attached hydrogens (tertiary/aromatic N) is 1. The minimum absolute atomic E-state index is 0.0243. The number of carbonyl (C=O) groups excluding carboxylic acids is 2. The van der Waals surface area contributed by atoms with Crippen molar-refractivity contribution in [3.05, 3.63) is 46.2 Å². The molecule has 2 aromatic rings. The van der Waals surface area contributed by atoms with Gasteiger partial charge in [0.2, 0.25) is 11.7 Å². The highest BCUT2D eigenvalue weighted by Crippen LogP contribution is 2.37. The molecule has 0 spiro atoms. The molecule has 0 saturated carbocycles. The van der Waals surface area contributed by atoms with Crippen LogP contribution in [0.15, 0.2) is 24.3 Å². The minimum atomic E-state index is -4.90. The highest BCUT2D eigenvalue weighted by atomic mass is 32.1. The van der Waals surface area contributed by atoms with Crippen LogP contribution in [0.2, 0.25) is 0 Å². The highest BCUT2D eigenvalue weighted by Gasteiger charge is 2.40. The van der Waals surface area contributed by atoms with Crippen LogP contribution < -0.4 is 10.6 Å². The number of benzene rings is 1. The average Bonchev–Trinajstić information content (AvgIpc) is 3.36. The van der Waals surface area contributed by atoms with Crippen molar-refractivity contribution >= 4 is 28.2 Å². The maximum Gasteiger partial charge on any atom is 0.435 e. The van der Waals surface area contributed by atoms with Crippen LogP contribution in [0.5, 0.6) is 0 Å². The number of ether oxygens (including phenoxy) is 1. The zero-order valence-corrected chi connectivity index (χ0v) is 17.6. The number of nitrogens with one attached hydrogen (secondary N) is 2. The first-order valence-electron chi connectivity index (χ1n) is 9.54. The molecule has 1 atom stereocenters. The fourth-order valence-electron chi connectivity index (χ4n) is 2.96. The summed E-state index contributed by atoms with van der Waals surface area (Å²) in [6, 6.07) is 4.14. The normalized spacial score (nSPS) is 17.0. The fourth-order valence-corrected chi connectivity index (χ4v) is 3.90. The van der Waals surface area contributed by atoms with Gasteiger partial charge in [-0.3, -0.25) is 9.59 Å². The van der Waals surface area contributed by atoms with E-state index in [1.54, 1.807) is 13.8 Å². The second-order valence-corrected chi connectivity index (χ2v) is 8.62. The van der Waals surface area contributed by atoms with E-state index >= 15 is 0 Å². The molecule has 1 aliphatic heterocycles. The Balaban J connectivity index is 1.79. The van der Waals surface area contributed by atoms with Crippen molar-refractivity contribution in [1.82, 2.24) is 10.3 Å². The molecule has 0 aliphatic carbocycles. The van der Waals surface area contributed by atoms with Crippen LogP contribution in [-0.4, -0.2) is 41.5 Å². The van der Waals surface area contributed by atoms with Crippen molar-refractivity contribution in [2.75, 3.05) is 18.5 Å². The second kappa shape index (κ2) is 9.01. The Labute approximate surface area is 180 Å². The Hall–Kier alpha value is -2.37. The smallest absolute Gasteiger partial charge is 0.377 e. The van der Waals surface area contributed by atoms with Crippen LogP contribution >= 0.6 is 11.3 Å². The summed E-state index contributed by atoms with van der Waals surface area (Å²) in [4.78, 5) is 28.0. The van der Waals surface area contributed by atoms with E-state index in [1.807, 2.05) is 0 Å². The lowest BCUT2D eigenvalue weighted by atomic mass is 10.0. The topological polar surface area (TPSA) is 80.3 Å². The maximum absolute atomic E-state index is 13.5. The predicted molar refractivity (Wildman–Crippen MR) is 107 cm³/mol. The number of hydrogen-bond acceptors (Lipinski definition) is 6. The molecule has 0 radical (unpaired) electrons. The quantitative estimate of drug-likeness (QED) is 0.483. The van der Waals surface area contributed by atoms with Gasteiger partial charge >= 0.3 is 6.18 Å². The van der Waals surface area contributed by atoms with Gasteiger partial charge in [-0.25, -0.2) is 9.37 Å². The number of amides is 1. The molecule has 3 rings (SSSR count). The third-order valence-corrected chi connectivity index (χ3v) is 5.76. The van der Waals surface area contributed by atoms with E-state index in [-0.39, 0.29) is 16.8 Å². The average molecular weight is 459 g/mol. The van der Waals surface area contributed by atoms with E-state index in [4.69, 9.17) is 4.74 Å². The number of aromatic nitrogens is 1. The molecule has 1 fully saturated rings. The van der Waals surface area contributed by atoms with Gasteiger partial charge in [0.25, 0.3) is 0 Å². The molecule has 0 bridgehead atoms. The van der Waals surface area contributed by atoms with E-state index in [0.717, 1.165) is 37.1 Å². The third kappa shape index (κ3) is 5.66. The van der Waals surface area contributed by atoms with Crippen molar-refractivity contribution in [2.45, 2.75) is 44.5 Å². The first-order chi connectivity index (χ1) is 14.5. The van der Waals surface area contributed by atoms with Crippen LogP contribution in [0, 0.1) is 5.82 Å². The van der Waals surface area contributed by atoms with E-state index in [0.29, 0.717) is 24.5 Å². The number of hydrogen-bond donors (Lipinski definition) is 2. The summed E-state index contributed by atoms with van der Waals surface area (Å²) in [6.45, 7) is 4.24. The summed E-state index contributed by atoms with van der Waals surface area (Å²) in [5.41, 5.74) is -2.63. The molecule has 2 heterocycles. The molecule has 6 nitrogen and oxygen atoms in total. The van der Waals surface area contributed by atoms with Crippen molar-refractivity contribution in [3.63, 3.8) is 0 Å². The number of halogens is 4. The summed E-state index contributed by atoms with van der Waals surface area (Å²) >= 11 is 0.423. The van der Waals surface area contributed by atoms with E-state index < -0.39 is 39.8 Å². The van der Waals surface area contributed by atoms with Crippen molar-refractivity contribution < 1.29 is 31.9 Å². The zero-order chi connectivity index (χ0) is 22.8. The lowest BCUT2D eigenvalue weighted by Gasteiger charge is -2.26. The molecule has 1 amide bonds. The van der Waals surface area contributed by atoms with Crippen molar-refractivity contribution in [3.8, 4) is 0 Å². The first-order valence-corrected chi connectivity index (χ1v) is 10.4. The number of rotatable bonds is 7. The maximum atomic E-state index is 13.5. The van der Waals surface area contributed by atoms with Gasteiger partial charge in [0.1, 0.15) is 10.7 Å². The SMILES string of the molecule is CC(C)(NCC1CCCO1)C(=O)Nc1nc(C(F)(F)F)c(C(=O)c2ccc(F)cc2)s1. The van der Waals surface area contributed by atoms with Crippen LogP contribution in [0.3, 0.4) is 0 Å². The summed E-state index contributed by atoms with van der Waals surface area (Å²) < 4.78 is 58.9. The molecular weight excluding hydrogens is 438 g/mol. The Kier molecular flexibility index (Phi) is 6.77. The van der Waals surface area contributed by atoms with E-state index in [2.05, 4.69) is 15.6 Å². The highest BCUT2D eigenvalue weighted by molar-refractivity contribution is 7.18. The van der Waals surface area contributed by atoms with Crippen LogP contribution in [0.25, 0.3) is 0 Å². The molecule has 1 saturated heterocycles. The van der Waals surface area contributed by atoms with Crippen molar-refractivity contribution in [2.24, 2.45) is 0 Å². The van der Waals surface area contributed by atoms with Gasteiger partial charge in [0, 0.05) is 18.7 Å². The summed E-state index contributed by atoms with van der Waals surface area (Å²) in [5.74, 6) is -2.18. The van der Waals surface area contributed by atoms with Gasteiger partial charge in [-0.15, -0.1) is 0 Å². The van der Waals surface area contributed by atoms with Gasteiger partial charge in [-0.2, -0.15) is 13.2 Å². The molecule has 1 unspecified atom stereocenters.